The maximum Gasteiger partial charge on any atom is 0.258 e. The van der Waals surface area contributed by atoms with Crippen LogP contribution in [0.25, 0.3) is 0 Å². The van der Waals surface area contributed by atoms with Crippen molar-refractivity contribution in [2.45, 2.75) is 39.3 Å². The third-order valence-corrected chi connectivity index (χ3v) is 6.21. The van der Waals surface area contributed by atoms with Crippen LogP contribution in [0.2, 0.25) is 0 Å². The van der Waals surface area contributed by atoms with Gasteiger partial charge in [-0.3, -0.25) is 9.59 Å². The first kappa shape index (κ1) is 25.4. The molecule has 0 saturated heterocycles. The molecule has 3 aromatic carbocycles. The van der Waals surface area contributed by atoms with Gasteiger partial charge in [0.2, 0.25) is 5.91 Å². The van der Waals surface area contributed by atoms with Crippen molar-refractivity contribution in [3.05, 3.63) is 101 Å². The van der Waals surface area contributed by atoms with Crippen molar-refractivity contribution < 1.29 is 23.1 Å². The summed E-state index contributed by atoms with van der Waals surface area (Å²) in [7, 11) is 0. The fourth-order valence-electron chi connectivity index (χ4n) is 4.43. The summed E-state index contributed by atoms with van der Waals surface area (Å²) in [6, 6.07) is 17.4. The second-order valence-electron chi connectivity index (χ2n) is 9.44. The van der Waals surface area contributed by atoms with Crippen LogP contribution in [-0.4, -0.2) is 29.9 Å². The fraction of sp³-hybridized carbons (Fsp3) is 0.310. The molecule has 1 aliphatic heterocycles. The highest BCUT2D eigenvalue weighted by molar-refractivity contribution is 5.78. The van der Waals surface area contributed by atoms with Gasteiger partial charge in [0, 0.05) is 19.5 Å². The Balaban J connectivity index is 1.50. The molecule has 1 aliphatic rings. The molecule has 1 heterocycles. The Hall–Kier alpha value is -3.74. The molecule has 1 N–H and O–H groups in total. The molecule has 2 amide bonds. The lowest BCUT2D eigenvalue weighted by Crippen LogP contribution is -2.41. The third-order valence-electron chi connectivity index (χ3n) is 6.21. The quantitative estimate of drug-likeness (QED) is 0.472. The van der Waals surface area contributed by atoms with E-state index in [-0.39, 0.29) is 48.6 Å². The third kappa shape index (κ3) is 6.27. The van der Waals surface area contributed by atoms with Crippen molar-refractivity contribution in [3.63, 3.8) is 0 Å². The van der Waals surface area contributed by atoms with E-state index in [1.807, 2.05) is 36.9 Å². The highest BCUT2D eigenvalue weighted by Gasteiger charge is 2.32. The molecule has 1 atom stereocenters. The van der Waals surface area contributed by atoms with E-state index in [0.29, 0.717) is 25.1 Å². The molecule has 0 aromatic heterocycles. The van der Waals surface area contributed by atoms with Crippen molar-refractivity contribution in [1.29, 1.82) is 0 Å². The zero-order chi connectivity index (χ0) is 25.7. The SMILES string of the molecule is CC(C)CC(=O)N1CCc2ccc(OCC(=O)NCc3ccc(F)cc3)cc2C1c1ccc(F)cc1. The number of nitrogens with zero attached hydrogens (tertiary/aromatic N) is 1. The van der Waals surface area contributed by atoms with Gasteiger partial charge in [0.15, 0.2) is 6.61 Å². The Morgan fingerprint density at radius 3 is 2.33 bits per heavy atom. The number of hydrogen-bond donors (Lipinski definition) is 1. The number of halogens is 2. The van der Waals surface area contributed by atoms with Crippen LogP contribution in [0.3, 0.4) is 0 Å². The van der Waals surface area contributed by atoms with Gasteiger partial charge in [-0.25, -0.2) is 8.78 Å². The monoisotopic (exact) mass is 492 g/mol. The van der Waals surface area contributed by atoms with Crippen LogP contribution < -0.4 is 10.1 Å². The van der Waals surface area contributed by atoms with E-state index < -0.39 is 0 Å². The normalized spacial score (nSPS) is 14.9. The molecule has 7 heteroatoms. The lowest BCUT2D eigenvalue weighted by Gasteiger charge is -2.38. The van der Waals surface area contributed by atoms with Crippen LogP contribution in [0, 0.1) is 17.6 Å². The van der Waals surface area contributed by atoms with Crippen LogP contribution in [0.5, 0.6) is 5.75 Å². The molecule has 5 nitrogen and oxygen atoms in total. The maximum absolute atomic E-state index is 13.7. The highest BCUT2D eigenvalue weighted by Crippen LogP contribution is 2.38. The molecule has 4 rings (SSSR count). The minimum Gasteiger partial charge on any atom is -0.484 e. The maximum atomic E-state index is 13.7. The summed E-state index contributed by atoms with van der Waals surface area (Å²) < 4.78 is 32.5. The zero-order valence-corrected chi connectivity index (χ0v) is 20.5. The van der Waals surface area contributed by atoms with Crippen LogP contribution in [-0.2, 0) is 22.6 Å². The summed E-state index contributed by atoms with van der Waals surface area (Å²) >= 11 is 0. The first-order valence-corrected chi connectivity index (χ1v) is 12.1. The predicted molar refractivity (Wildman–Crippen MR) is 133 cm³/mol. The summed E-state index contributed by atoms with van der Waals surface area (Å²) in [5.41, 5.74) is 3.61. The van der Waals surface area contributed by atoms with Crippen molar-refractivity contribution in [3.8, 4) is 5.75 Å². The van der Waals surface area contributed by atoms with Crippen molar-refractivity contribution in [2.75, 3.05) is 13.2 Å². The van der Waals surface area contributed by atoms with E-state index in [2.05, 4.69) is 5.32 Å². The molecular formula is C29H30F2N2O3. The minimum atomic E-state index is -0.364. The number of nitrogens with one attached hydrogen (secondary N) is 1. The molecule has 0 spiro atoms. The zero-order valence-electron chi connectivity index (χ0n) is 20.5. The first-order valence-electron chi connectivity index (χ1n) is 12.1. The molecule has 0 radical (unpaired) electrons. The molecule has 0 saturated carbocycles. The Morgan fingerprint density at radius 2 is 1.67 bits per heavy atom. The van der Waals surface area contributed by atoms with Gasteiger partial charge in [0.25, 0.3) is 5.91 Å². The predicted octanol–water partition coefficient (Wildman–Crippen LogP) is 5.18. The molecular weight excluding hydrogens is 462 g/mol. The Labute approximate surface area is 210 Å². The molecule has 0 bridgehead atoms. The first-order chi connectivity index (χ1) is 17.3. The number of hydrogen-bond acceptors (Lipinski definition) is 3. The van der Waals surface area contributed by atoms with E-state index >= 15 is 0 Å². The van der Waals surface area contributed by atoms with Crippen LogP contribution >= 0.6 is 0 Å². The van der Waals surface area contributed by atoms with Gasteiger partial charge in [0.05, 0.1) is 6.04 Å². The summed E-state index contributed by atoms with van der Waals surface area (Å²) in [5.74, 6) is -0.188. The van der Waals surface area contributed by atoms with E-state index in [1.54, 1.807) is 24.3 Å². The minimum absolute atomic E-state index is 0.0523. The standard InChI is InChI=1S/C29H30F2N2O3/c1-19(2)15-28(35)33-14-13-21-7-12-25(16-26(21)29(33)22-5-10-24(31)11-6-22)36-18-27(34)32-17-20-3-8-23(30)9-4-20/h3-12,16,19,29H,13-15,17-18H2,1-2H3,(H,32,34). The number of benzene rings is 3. The van der Waals surface area contributed by atoms with Gasteiger partial charge in [-0.1, -0.05) is 44.2 Å². The summed E-state index contributed by atoms with van der Waals surface area (Å²) in [6.45, 7) is 4.68. The second-order valence-corrected chi connectivity index (χ2v) is 9.44. The molecule has 1 unspecified atom stereocenters. The highest BCUT2D eigenvalue weighted by atomic mass is 19.1. The second kappa shape index (κ2) is 11.3. The largest absolute Gasteiger partial charge is 0.484 e. The number of fused-ring (bicyclic) bond motifs is 1. The summed E-state index contributed by atoms with van der Waals surface area (Å²) in [4.78, 5) is 27.3. The number of ether oxygens (including phenoxy) is 1. The smallest absolute Gasteiger partial charge is 0.258 e. The molecule has 0 fully saturated rings. The van der Waals surface area contributed by atoms with Gasteiger partial charge < -0.3 is 15.0 Å². The van der Waals surface area contributed by atoms with Crippen molar-refractivity contribution in [2.24, 2.45) is 5.92 Å². The fourth-order valence-corrected chi connectivity index (χ4v) is 4.43. The van der Waals surface area contributed by atoms with E-state index in [0.717, 1.165) is 22.3 Å². The van der Waals surface area contributed by atoms with E-state index in [9.17, 15) is 18.4 Å². The van der Waals surface area contributed by atoms with Gasteiger partial charge in [-0.05, 0) is 71.0 Å². The van der Waals surface area contributed by atoms with E-state index in [4.69, 9.17) is 4.74 Å². The Bertz CT molecular complexity index is 1210. The van der Waals surface area contributed by atoms with E-state index in [1.165, 1.54) is 24.3 Å². The Morgan fingerprint density at radius 1 is 1.00 bits per heavy atom. The van der Waals surface area contributed by atoms with Crippen molar-refractivity contribution >= 4 is 11.8 Å². The van der Waals surface area contributed by atoms with Gasteiger partial charge in [-0.15, -0.1) is 0 Å². The molecule has 188 valence electrons. The molecule has 0 aliphatic carbocycles. The van der Waals surface area contributed by atoms with Crippen molar-refractivity contribution in [1.82, 2.24) is 10.2 Å². The van der Waals surface area contributed by atoms with Gasteiger partial charge in [0.1, 0.15) is 17.4 Å². The van der Waals surface area contributed by atoms with Gasteiger partial charge in [-0.2, -0.15) is 0 Å². The summed E-state index contributed by atoms with van der Waals surface area (Å²) in [6.07, 6.45) is 1.13. The average Bonchev–Trinajstić information content (AvgIpc) is 2.86. The number of carbonyl (C=O) groups is 2. The lowest BCUT2D eigenvalue weighted by atomic mass is 9.87. The molecule has 3 aromatic rings. The average molecular weight is 493 g/mol. The van der Waals surface area contributed by atoms with Crippen LogP contribution in [0.15, 0.2) is 66.7 Å². The molecule has 36 heavy (non-hydrogen) atoms. The number of rotatable bonds is 8. The van der Waals surface area contributed by atoms with Gasteiger partial charge >= 0.3 is 0 Å². The van der Waals surface area contributed by atoms with Crippen LogP contribution in [0.4, 0.5) is 8.78 Å². The number of carbonyl (C=O) groups excluding carboxylic acids is 2. The number of amides is 2. The lowest BCUT2D eigenvalue weighted by molar-refractivity contribution is -0.134. The topological polar surface area (TPSA) is 58.6 Å². The Kier molecular flexibility index (Phi) is 7.98. The van der Waals surface area contributed by atoms with Crippen LogP contribution in [0.1, 0.15) is 48.6 Å². The summed E-state index contributed by atoms with van der Waals surface area (Å²) in [5, 5.41) is 2.76.